The summed E-state index contributed by atoms with van der Waals surface area (Å²) in [6, 6.07) is 5.05. The van der Waals surface area contributed by atoms with Crippen LogP contribution in [0.4, 0.5) is 26.3 Å². The normalized spacial score (nSPS) is 12.0. The minimum Gasteiger partial charge on any atom is -0.406 e. The molecule has 1 aromatic carbocycles. The van der Waals surface area contributed by atoms with Gasteiger partial charge in [0.15, 0.2) is 0 Å². The Hall–Kier alpha value is -2.69. The minimum atomic E-state index is -4.84. The summed E-state index contributed by atoms with van der Waals surface area (Å²) in [6.07, 6.45) is -9.12. The van der Waals surface area contributed by atoms with Crippen LogP contribution in [0.3, 0.4) is 0 Å². The first-order valence-electron chi connectivity index (χ1n) is 7.44. The predicted molar refractivity (Wildman–Crippen MR) is 85.7 cm³/mol. The molecule has 5 nitrogen and oxygen atoms in total. The molecule has 0 unspecified atom stereocenters. The van der Waals surface area contributed by atoms with Gasteiger partial charge in [0.2, 0.25) is 5.91 Å². The van der Waals surface area contributed by atoms with Crippen LogP contribution in [0.5, 0.6) is 5.75 Å². The molecule has 2 aromatic rings. The molecule has 0 saturated heterocycles. The molecule has 1 aromatic heterocycles. The van der Waals surface area contributed by atoms with Crippen molar-refractivity contribution < 1.29 is 35.9 Å². The summed E-state index contributed by atoms with van der Waals surface area (Å²) in [5, 5.41) is 1.64. The standard InChI is InChI=1S/C16H11ClF6N2O3/c17-12-5-10(15(18,19)20)7-25(14(12)27)8-13(26)24-6-9-1-3-11(4-2-9)28-16(21,22)23/h1-5,7H,6,8H2,(H,24,26). The summed E-state index contributed by atoms with van der Waals surface area (Å²) in [5.41, 5.74) is -1.76. The van der Waals surface area contributed by atoms with Gasteiger partial charge in [0.1, 0.15) is 17.3 Å². The van der Waals surface area contributed by atoms with E-state index in [9.17, 15) is 35.9 Å². The molecule has 1 heterocycles. The summed E-state index contributed by atoms with van der Waals surface area (Å²) in [5.74, 6) is -1.25. The van der Waals surface area contributed by atoms with Crippen molar-refractivity contribution in [1.82, 2.24) is 9.88 Å². The van der Waals surface area contributed by atoms with Gasteiger partial charge in [-0.05, 0) is 23.8 Å². The first-order chi connectivity index (χ1) is 12.8. The van der Waals surface area contributed by atoms with Gasteiger partial charge < -0.3 is 14.6 Å². The molecular weight excluding hydrogens is 418 g/mol. The lowest BCUT2D eigenvalue weighted by Crippen LogP contribution is -2.32. The van der Waals surface area contributed by atoms with Crippen molar-refractivity contribution in [3.05, 3.63) is 63.0 Å². The first kappa shape index (κ1) is 21.6. The van der Waals surface area contributed by atoms with Gasteiger partial charge in [-0.3, -0.25) is 9.59 Å². The molecule has 0 saturated carbocycles. The van der Waals surface area contributed by atoms with E-state index in [0.717, 1.165) is 12.1 Å². The number of benzene rings is 1. The Morgan fingerprint density at radius 2 is 1.71 bits per heavy atom. The van der Waals surface area contributed by atoms with Crippen LogP contribution in [0.25, 0.3) is 0 Å². The number of rotatable bonds is 5. The average Bonchev–Trinajstić information content (AvgIpc) is 2.56. The number of nitrogens with zero attached hydrogens (tertiary/aromatic N) is 1. The Bertz CT molecular complexity index is 907. The van der Waals surface area contributed by atoms with E-state index < -0.39 is 46.9 Å². The van der Waals surface area contributed by atoms with Crippen molar-refractivity contribution in [3.63, 3.8) is 0 Å². The SMILES string of the molecule is O=C(Cn1cc(C(F)(F)F)cc(Cl)c1=O)NCc1ccc(OC(F)(F)F)cc1. The molecule has 28 heavy (non-hydrogen) atoms. The van der Waals surface area contributed by atoms with E-state index >= 15 is 0 Å². The van der Waals surface area contributed by atoms with Crippen LogP contribution in [-0.4, -0.2) is 16.8 Å². The molecule has 0 radical (unpaired) electrons. The van der Waals surface area contributed by atoms with Gasteiger partial charge in [-0.25, -0.2) is 0 Å². The smallest absolute Gasteiger partial charge is 0.406 e. The number of carbonyl (C=O) groups is 1. The Morgan fingerprint density at radius 3 is 2.25 bits per heavy atom. The molecule has 0 fully saturated rings. The van der Waals surface area contributed by atoms with Crippen molar-refractivity contribution in [3.8, 4) is 5.75 Å². The topological polar surface area (TPSA) is 60.3 Å². The lowest BCUT2D eigenvalue weighted by Gasteiger charge is -2.12. The second kappa shape index (κ2) is 8.13. The Morgan fingerprint density at radius 1 is 1.11 bits per heavy atom. The summed E-state index contributed by atoms with van der Waals surface area (Å²) in [7, 11) is 0. The van der Waals surface area contributed by atoms with E-state index in [1.165, 1.54) is 12.1 Å². The maximum Gasteiger partial charge on any atom is 0.573 e. The van der Waals surface area contributed by atoms with Gasteiger partial charge in [0.05, 0.1) is 5.56 Å². The fraction of sp³-hybridized carbons (Fsp3) is 0.250. The molecule has 0 aliphatic carbocycles. The second-order valence-electron chi connectivity index (χ2n) is 5.48. The van der Waals surface area contributed by atoms with E-state index in [1.807, 2.05) is 0 Å². The summed E-state index contributed by atoms with van der Waals surface area (Å²) < 4.78 is 78.7. The highest BCUT2D eigenvalue weighted by Crippen LogP contribution is 2.29. The van der Waals surface area contributed by atoms with E-state index in [0.29, 0.717) is 22.4 Å². The maximum absolute atomic E-state index is 12.8. The Labute approximate surface area is 158 Å². The van der Waals surface area contributed by atoms with Crippen LogP contribution >= 0.6 is 11.6 Å². The van der Waals surface area contributed by atoms with Crippen molar-refractivity contribution >= 4 is 17.5 Å². The fourth-order valence-corrected chi connectivity index (χ4v) is 2.32. The van der Waals surface area contributed by atoms with Crippen LogP contribution in [-0.2, 0) is 24.1 Å². The molecule has 0 aliphatic heterocycles. The van der Waals surface area contributed by atoms with Crippen LogP contribution < -0.4 is 15.6 Å². The summed E-state index contributed by atoms with van der Waals surface area (Å²) in [4.78, 5) is 23.7. The third-order valence-electron chi connectivity index (χ3n) is 3.33. The third-order valence-corrected chi connectivity index (χ3v) is 3.60. The zero-order valence-corrected chi connectivity index (χ0v) is 14.5. The number of ether oxygens (including phenoxy) is 1. The number of carbonyl (C=O) groups excluding carboxylic acids is 1. The maximum atomic E-state index is 12.8. The highest BCUT2D eigenvalue weighted by Gasteiger charge is 2.32. The van der Waals surface area contributed by atoms with E-state index in [1.54, 1.807) is 0 Å². The lowest BCUT2D eigenvalue weighted by atomic mass is 10.2. The Balaban J connectivity index is 2.01. The number of nitrogens with one attached hydrogen (secondary N) is 1. The molecular formula is C16H11ClF6N2O3. The van der Waals surface area contributed by atoms with E-state index in [2.05, 4.69) is 10.1 Å². The summed E-state index contributed by atoms with van der Waals surface area (Å²) in [6.45, 7) is -0.857. The zero-order valence-electron chi connectivity index (χ0n) is 13.7. The number of alkyl halides is 6. The van der Waals surface area contributed by atoms with E-state index in [-0.39, 0.29) is 6.54 Å². The minimum absolute atomic E-state index is 0.132. The monoisotopic (exact) mass is 428 g/mol. The Kier molecular flexibility index (Phi) is 6.27. The predicted octanol–water partition coefficient (Wildman–Crippen LogP) is 3.74. The third kappa shape index (κ3) is 6.19. The number of aromatic nitrogens is 1. The molecule has 1 amide bonds. The van der Waals surface area contributed by atoms with Crippen LogP contribution in [0, 0.1) is 0 Å². The number of amides is 1. The average molecular weight is 429 g/mol. The molecule has 2 rings (SSSR count). The van der Waals surface area contributed by atoms with Crippen LogP contribution in [0.2, 0.25) is 5.02 Å². The first-order valence-corrected chi connectivity index (χ1v) is 7.81. The largest absolute Gasteiger partial charge is 0.573 e. The van der Waals surface area contributed by atoms with E-state index in [4.69, 9.17) is 11.6 Å². The molecule has 0 atom stereocenters. The highest BCUT2D eigenvalue weighted by atomic mass is 35.5. The molecule has 152 valence electrons. The molecule has 0 bridgehead atoms. The highest BCUT2D eigenvalue weighted by molar-refractivity contribution is 6.30. The van der Waals surface area contributed by atoms with Crippen molar-refractivity contribution in [2.24, 2.45) is 0 Å². The van der Waals surface area contributed by atoms with Crippen molar-refractivity contribution in [2.75, 3.05) is 0 Å². The van der Waals surface area contributed by atoms with Gasteiger partial charge in [-0.1, -0.05) is 23.7 Å². The number of halogens is 7. The molecule has 1 N–H and O–H groups in total. The number of hydrogen-bond acceptors (Lipinski definition) is 3. The number of pyridine rings is 1. The van der Waals surface area contributed by atoms with Gasteiger partial charge in [0.25, 0.3) is 5.56 Å². The van der Waals surface area contributed by atoms with Crippen molar-refractivity contribution in [2.45, 2.75) is 25.6 Å². The van der Waals surface area contributed by atoms with Crippen molar-refractivity contribution in [1.29, 1.82) is 0 Å². The summed E-state index contributed by atoms with van der Waals surface area (Å²) >= 11 is 5.49. The zero-order chi connectivity index (χ0) is 21.1. The fourth-order valence-electron chi connectivity index (χ4n) is 2.09. The van der Waals surface area contributed by atoms with Gasteiger partial charge in [-0.15, -0.1) is 13.2 Å². The quantitative estimate of drug-likeness (QED) is 0.738. The van der Waals surface area contributed by atoms with Gasteiger partial charge >= 0.3 is 12.5 Å². The lowest BCUT2D eigenvalue weighted by molar-refractivity contribution is -0.274. The van der Waals surface area contributed by atoms with Gasteiger partial charge in [0, 0.05) is 12.7 Å². The molecule has 12 heteroatoms. The van der Waals surface area contributed by atoms with Gasteiger partial charge in [-0.2, -0.15) is 13.2 Å². The molecule has 0 spiro atoms. The number of hydrogen-bond donors (Lipinski definition) is 1. The van der Waals surface area contributed by atoms with Crippen LogP contribution in [0.15, 0.2) is 41.3 Å². The second-order valence-corrected chi connectivity index (χ2v) is 5.88. The van der Waals surface area contributed by atoms with Crippen LogP contribution in [0.1, 0.15) is 11.1 Å². The molecule has 0 aliphatic rings.